The predicted octanol–water partition coefficient (Wildman–Crippen LogP) is 14.9. The summed E-state index contributed by atoms with van der Waals surface area (Å²) >= 11 is 0. The Bertz CT molecular complexity index is 2750. The summed E-state index contributed by atoms with van der Waals surface area (Å²) in [7, 11) is 0. The summed E-state index contributed by atoms with van der Waals surface area (Å²) in [6.45, 7) is 4.84. The van der Waals surface area contributed by atoms with Crippen LogP contribution in [0.3, 0.4) is 0 Å². The van der Waals surface area contributed by atoms with Crippen molar-refractivity contribution in [2.75, 3.05) is 15.5 Å². The summed E-state index contributed by atoms with van der Waals surface area (Å²) in [5.41, 5.74) is 17.3. The number of hydrogen-bond donors (Lipinski definition) is 2. The van der Waals surface area contributed by atoms with Gasteiger partial charge in [0, 0.05) is 51.3 Å². The minimum Gasteiger partial charge on any atom is -0.355 e. The van der Waals surface area contributed by atoms with Crippen LogP contribution in [0.15, 0.2) is 231 Å². The molecule has 1 aliphatic rings. The molecule has 0 fully saturated rings. The SMILES string of the molecule is C=C1/C(c2ccccc2Nc2ccccc2)=C\C=C/N(c2cccc(-c3ccccc3)c2)c2ccc(-c3cccc(-c4ccccc4Nc4ccccc4)c3)cc21. The van der Waals surface area contributed by atoms with Gasteiger partial charge in [0.1, 0.15) is 0 Å². The average molecular weight is 732 g/mol. The first kappa shape index (κ1) is 35.1. The first-order valence-electron chi connectivity index (χ1n) is 19.3. The van der Waals surface area contributed by atoms with Crippen LogP contribution in [0.1, 0.15) is 11.1 Å². The van der Waals surface area contributed by atoms with Gasteiger partial charge in [0.15, 0.2) is 0 Å². The van der Waals surface area contributed by atoms with E-state index >= 15 is 0 Å². The highest BCUT2D eigenvalue weighted by atomic mass is 15.1. The Morgan fingerprint density at radius 2 is 0.912 bits per heavy atom. The standard InChI is InChI=1S/C54H41N3/c1-39-48(50-29-12-14-32-53(50)56-46-25-9-4-10-26-46)30-17-35-57(47-27-16-21-42(37-47)40-18-5-2-6-19-40)54-34-33-43(38-51(39)54)41-20-15-22-44(36-41)49-28-11-13-31-52(49)55-45-23-7-3-8-24-45/h2-38,55-56H,1H2/b35-17-,48-30+. The molecule has 9 rings (SSSR count). The van der Waals surface area contributed by atoms with Crippen molar-refractivity contribution >= 4 is 45.3 Å². The van der Waals surface area contributed by atoms with Crippen LogP contribution in [-0.4, -0.2) is 0 Å². The summed E-state index contributed by atoms with van der Waals surface area (Å²) in [4.78, 5) is 2.28. The van der Waals surface area contributed by atoms with E-state index < -0.39 is 0 Å². The number of nitrogens with zero attached hydrogens (tertiary/aromatic N) is 1. The van der Waals surface area contributed by atoms with Gasteiger partial charge in [0.2, 0.25) is 0 Å². The molecule has 0 unspecified atom stereocenters. The van der Waals surface area contributed by atoms with Crippen LogP contribution in [0.2, 0.25) is 0 Å². The van der Waals surface area contributed by atoms with Crippen molar-refractivity contribution in [3.05, 3.63) is 242 Å². The number of anilines is 6. The van der Waals surface area contributed by atoms with Crippen LogP contribution in [0.5, 0.6) is 0 Å². The van der Waals surface area contributed by atoms with E-state index in [1.165, 1.54) is 5.56 Å². The highest BCUT2D eigenvalue weighted by Gasteiger charge is 2.21. The smallest absolute Gasteiger partial charge is 0.0534 e. The van der Waals surface area contributed by atoms with Gasteiger partial charge in [0.25, 0.3) is 0 Å². The maximum absolute atomic E-state index is 4.84. The molecular weight excluding hydrogens is 691 g/mol. The van der Waals surface area contributed by atoms with E-state index in [0.29, 0.717) is 0 Å². The first-order chi connectivity index (χ1) is 28.2. The fourth-order valence-corrected chi connectivity index (χ4v) is 7.55. The Labute approximate surface area is 335 Å². The normalized spacial score (nSPS) is 13.7. The molecule has 0 spiro atoms. The van der Waals surface area contributed by atoms with E-state index in [4.69, 9.17) is 6.58 Å². The second kappa shape index (κ2) is 16.0. The van der Waals surface area contributed by atoms with E-state index in [0.717, 1.165) is 84.2 Å². The molecule has 0 bridgehead atoms. The number of rotatable bonds is 9. The lowest BCUT2D eigenvalue weighted by molar-refractivity contribution is 1.27. The van der Waals surface area contributed by atoms with Gasteiger partial charge >= 0.3 is 0 Å². The molecule has 0 atom stereocenters. The van der Waals surface area contributed by atoms with Crippen LogP contribution in [0.25, 0.3) is 44.5 Å². The maximum atomic E-state index is 4.84. The van der Waals surface area contributed by atoms with E-state index in [1.54, 1.807) is 0 Å². The molecule has 0 amide bonds. The van der Waals surface area contributed by atoms with Gasteiger partial charge in [-0.3, -0.25) is 0 Å². The highest BCUT2D eigenvalue weighted by Crippen LogP contribution is 2.44. The highest BCUT2D eigenvalue weighted by molar-refractivity contribution is 6.10. The second-order valence-corrected chi connectivity index (χ2v) is 14.1. The van der Waals surface area contributed by atoms with Crippen LogP contribution in [0, 0.1) is 0 Å². The molecule has 8 aromatic rings. The molecule has 1 heterocycles. The molecule has 57 heavy (non-hydrogen) atoms. The second-order valence-electron chi connectivity index (χ2n) is 14.1. The fraction of sp³-hybridized carbons (Fsp3) is 0. The molecule has 3 heteroatoms. The summed E-state index contributed by atoms with van der Waals surface area (Å²) in [6.07, 6.45) is 6.49. The van der Waals surface area contributed by atoms with Gasteiger partial charge in [-0.2, -0.15) is 0 Å². The zero-order valence-corrected chi connectivity index (χ0v) is 31.5. The predicted molar refractivity (Wildman–Crippen MR) is 243 cm³/mol. The van der Waals surface area contributed by atoms with E-state index in [1.807, 2.05) is 24.3 Å². The van der Waals surface area contributed by atoms with Crippen molar-refractivity contribution in [2.24, 2.45) is 0 Å². The molecule has 272 valence electrons. The topological polar surface area (TPSA) is 27.3 Å². The Hall–Kier alpha value is -7.62. The molecule has 8 aromatic carbocycles. The number of para-hydroxylation sites is 4. The van der Waals surface area contributed by atoms with Crippen molar-refractivity contribution in [2.45, 2.75) is 0 Å². The molecule has 3 nitrogen and oxygen atoms in total. The van der Waals surface area contributed by atoms with Gasteiger partial charge < -0.3 is 15.5 Å². The molecule has 0 radical (unpaired) electrons. The lowest BCUT2D eigenvalue weighted by atomic mass is 9.88. The average Bonchev–Trinajstić information content (AvgIpc) is 3.27. The molecule has 0 saturated heterocycles. The lowest BCUT2D eigenvalue weighted by Gasteiger charge is -2.28. The monoisotopic (exact) mass is 731 g/mol. The minimum atomic E-state index is 0.941. The summed E-state index contributed by atoms with van der Waals surface area (Å²) in [5.74, 6) is 0. The van der Waals surface area contributed by atoms with Crippen LogP contribution >= 0.6 is 0 Å². The fourth-order valence-electron chi connectivity index (χ4n) is 7.55. The van der Waals surface area contributed by atoms with Gasteiger partial charge in [-0.05, 0) is 112 Å². The minimum absolute atomic E-state index is 0.941. The Kier molecular flexibility index (Phi) is 9.86. The van der Waals surface area contributed by atoms with E-state index in [2.05, 4.69) is 216 Å². The number of benzene rings is 8. The number of nitrogens with one attached hydrogen (secondary N) is 2. The van der Waals surface area contributed by atoms with Crippen molar-refractivity contribution in [1.82, 2.24) is 0 Å². The number of hydrogen-bond acceptors (Lipinski definition) is 3. The molecule has 1 aliphatic heterocycles. The lowest BCUT2D eigenvalue weighted by Crippen LogP contribution is -2.12. The zero-order chi connectivity index (χ0) is 38.4. The maximum Gasteiger partial charge on any atom is 0.0534 e. The van der Waals surface area contributed by atoms with E-state index in [-0.39, 0.29) is 0 Å². The third-order valence-electron chi connectivity index (χ3n) is 10.4. The molecule has 0 aliphatic carbocycles. The van der Waals surface area contributed by atoms with Crippen molar-refractivity contribution in [1.29, 1.82) is 0 Å². The van der Waals surface area contributed by atoms with Gasteiger partial charge in [-0.1, -0.05) is 152 Å². The molecule has 0 aromatic heterocycles. The Morgan fingerprint density at radius 3 is 1.61 bits per heavy atom. The van der Waals surface area contributed by atoms with Crippen molar-refractivity contribution in [3.8, 4) is 33.4 Å². The number of fused-ring (bicyclic) bond motifs is 1. The third kappa shape index (κ3) is 7.55. The van der Waals surface area contributed by atoms with Crippen molar-refractivity contribution < 1.29 is 0 Å². The Morgan fingerprint density at radius 1 is 0.386 bits per heavy atom. The zero-order valence-electron chi connectivity index (χ0n) is 31.5. The molecular formula is C54H41N3. The quantitative estimate of drug-likeness (QED) is 0.155. The Balaban J connectivity index is 1.15. The third-order valence-corrected chi connectivity index (χ3v) is 10.4. The van der Waals surface area contributed by atoms with Gasteiger partial charge in [-0.25, -0.2) is 0 Å². The van der Waals surface area contributed by atoms with E-state index in [9.17, 15) is 0 Å². The van der Waals surface area contributed by atoms with Gasteiger partial charge in [-0.15, -0.1) is 0 Å². The van der Waals surface area contributed by atoms with Crippen LogP contribution < -0.4 is 15.5 Å². The summed E-state index contributed by atoms with van der Waals surface area (Å²) < 4.78 is 0. The van der Waals surface area contributed by atoms with Gasteiger partial charge in [0.05, 0.1) is 5.69 Å². The molecule has 0 saturated carbocycles. The van der Waals surface area contributed by atoms with Crippen molar-refractivity contribution in [3.63, 3.8) is 0 Å². The van der Waals surface area contributed by atoms with Crippen LogP contribution in [0.4, 0.5) is 34.1 Å². The largest absolute Gasteiger partial charge is 0.355 e. The van der Waals surface area contributed by atoms with Crippen LogP contribution in [-0.2, 0) is 0 Å². The summed E-state index contributed by atoms with van der Waals surface area (Å²) in [6, 6.07) is 72.5. The summed E-state index contributed by atoms with van der Waals surface area (Å²) in [5, 5.41) is 7.29. The number of allylic oxidation sites excluding steroid dienone is 4. The first-order valence-corrected chi connectivity index (χ1v) is 19.3. The molecule has 2 N–H and O–H groups in total.